The Labute approximate surface area is 103 Å². The van der Waals surface area contributed by atoms with Crippen molar-refractivity contribution in [3.8, 4) is 0 Å². The molecule has 1 rings (SSSR count). The van der Waals surface area contributed by atoms with Gasteiger partial charge in [-0.15, -0.1) is 0 Å². The highest BCUT2D eigenvalue weighted by atomic mass is 15.3. The summed E-state index contributed by atoms with van der Waals surface area (Å²) in [5.74, 6) is 6.87. The lowest BCUT2D eigenvalue weighted by Crippen LogP contribution is -2.40. The number of hydrazine groups is 1. The van der Waals surface area contributed by atoms with Gasteiger partial charge < -0.3 is 15.2 Å². The van der Waals surface area contributed by atoms with E-state index < -0.39 is 0 Å². The van der Waals surface area contributed by atoms with Crippen molar-refractivity contribution in [2.75, 3.05) is 37.5 Å². The van der Waals surface area contributed by atoms with Crippen molar-refractivity contribution in [2.45, 2.75) is 19.9 Å². The van der Waals surface area contributed by atoms with E-state index in [9.17, 15) is 0 Å². The fraction of sp³-hybridized carbons (Fsp3) is 0.636. The van der Waals surface area contributed by atoms with Crippen LogP contribution in [0.1, 0.15) is 13.8 Å². The van der Waals surface area contributed by atoms with E-state index in [0.29, 0.717) is 11.9 Å². The molecule has 0 bridgehead atoms. The van der Waals surface area contributed by atoms with Crippen LogP contribution in [-0.2, 0) is 0 Å². The monoisotopic (exact) mass is 238 g/mol. The van der Waals surface area contributed by atoms with E-state index in [-0.39, 0.29) is 0 Å². The predicted octanol–water partition coefficient (Wildman–Crippen LogP) is 0.539. The van der Waals surface area contributed by atoms with Gasteiger partial charge in [0, 0.05) is 25.2 Å². The SMILES string of the molecule is CCN(c1cc(NN)ncn1)C(C)CN(C)C. The summed E-state index contributed by atoms with van der Waals surface area (Å²) in [6.07, 6.45) is 1.52. The van der Waals surface area contributed by atoms with Gasteiger partial charge in [0.1, 0.15) is 18.0 Å². The first-order valence-corrected chi connectivity index (χ1v) is 5.78. The normalized spacial score (nSPS) is 12.6. The van der Waals surface area contributed by atoms with Crippen molar-refractivity contribution >= 4 is 11.6 Å². The lowest BCUT2D eigenvalue weighted by Gasteiger charge is -2.31. The topological polar surface area (TPSA) is 70.3 Å². The molecule has 0 aliphatic heterocycles. The quantitative estimate of drug-likeness (QED) is 0.557. The number of aromatic nitrogens is 2. The third-order valence-corrected chi connectivity index (χ3v) is 2.60. The molecule has 6 heteroatoms. The lowest BCUT2D eigenvalue weighted by molar-refractivity contribution is 0.372. The minimum Gasteiger partial charge on any atom is -0.353 e. The summed E-state index contributed by atoms with van der Waals surface area (Å²) in [5.41, 5.74) is 2.54. The summed E-state index contributed by atoms with van der Waals surface area (Å²) < 4.78 is 0. The van der Waals surface area contributed by atoms with E-state index in [2.05, 4.69) is 53.1 Å². The van der Waals surface area contributed by atoms with Gasteiger partial charge >= 0.3 is 0 Å². The molecule has 0 amide bonds. The first-order chi connectivity index (χ1) is 8.08. The lowest BCUT2D eigenvalue weighted by atomic mass is 10.2. The smallest absolute Gasteiger partial charge is 0.145 e. The first-order valence-electron chi connectivity index (χ1n) is 5.78. The van der Waals surface area contributed by atoms with Gasteiger partial charge in [-0.25, -0.2) is 15.8 Å². The highest BCUT2D eigenvalue weighted by Crippen LogP contribution is 2.16. The zero-order chi connectivity index (χ0) is 12.8. The van der Waals surface area contributed by atoms with Crippen LogP contribution in [0.15, 0.2) is 12.4 Å². The van der Waals surface area contributed by atoms with Crippen molar-refractivity contribution in [1.82, 2.24) is 14.9 Å². The van der Waals surface area contributed by atoms with Crippen LogP contribution < -0.4 is 16.2 Å². The maximum absolute atomic E-state index is 5.35. The number of hydrogen-bond acceptors (Lipinski definition) is 6. The Bertz CT molecular complexity index is 340. The third-order valence-electron chi connectivity index (χ3n) is 2.60. The summed E-state index contributed by atoms with van der Waals surface area (Å²) >= 11 is 0. The fourth-order valence-corrected chi connectivity index (χ4v) is 1.91. The van der Waals surface area contributed by atoms with Crippen LogP contribution in [0, 0.1) is 0 Å². The van der Waals surface area contributed by atoms with Crippen molar-refractivity contribution in [3.63, 3.8) is 0 Å². The second-order valence-corrected chi connectivity index (χ2v) is 4.30. The summed E-state index contributed by atoms with van der Waals surface area (Å²) in [7, 11) is 4.13. The molecule has 0 saturated heterocycles. The predicted molar refractivity (Wildman–Crippen MR) is 70.9 cm³/mol. The molecule has 0 fully saturated rings. The van der Waals surface area contributed by atoms with Gasteiger partial charge in [0.25, 0.3) is 0 Å². The molecule has 0 saturated carbocycles. The largest absolute Gasteiger partial charge is 0.353 e. The average molecular weight is 238 g/mol. The fourth-order valence-electron chi connectivity index (χ4n) is 1.91. The standard InChI is InChI=1S/C11H22N6/c1-5-17(9(2)7-16(3)4)11-6-10(15-12)13-8-14-11/h6,8-9H,5,7,12H2,1-4H3,(H,13,14,15). The minimum absolute atomic E-state index is 0.385. The van der Waals surface area contributed by atoms with Crippen LogP contribution in [-0.4, -0.2) is 48.1 Å². The van der Waals surface area contributed by atoms with Crippen LogP contribution in [0.2, 0.25) is 0 Å². The molecular weight excluding hydrogens is 216 g/mol. The van der Waals surface area contributed by atoms with Crippen molar-refractivity contribution in [3.05, 3.63) is 12.4 Å². The Balaban J connectivity index is 2.84. The highest BCUT2D eigenvalue weighted by Gasteiger charge is 2.15. The minimum atomic E-state index is 0.385. The van der Waals surface area contributed by atoms with Crippen LogP contribution in [0.25, 0.3) is 0 Å². The van der Waals surface area contributed by atoms with Crippen LogP contribution >= 0.6 is 0 Å². The molecule has 1 atom stereocenters. The number of likely N-dealkylation sites (N-methyl/N-ethyl adjacent to an activating group) is 2. The van der Waals surface area contributed by atoms with Gasteiger partial charge in [-0.1, -0.05) is 0 Å². The Kier molecular flexibility index (Phi) is 5.11. The molecule has 17 heavy (non-hydrogen) atoms. The molecule has 0 spiro atoms. The molecule has 0 radical (unpaired) electrons. The van der Waals surface area contributed by atoms with Crippen LogP contribution in [0.4, 0.5) is 11.6 Å². The Morgan fingerprint density at radius 1 is 1.41 bits per heavy atom. The second-order valence-electron chi connectivity index (χ2n) is 4.30. The zero-order valence-corrected chi connectivity index (χ0v) is 11.0. The molecule has 1 heterocycles. The third kappa shape index (κ3) is 3.83. The average Bonchev–Trinajstić information content (AvgIpc) is 2.29. The molecular formula is C11H22N6. The summed E-state index contributed by atoms with van der Waals surface area (Å²) in [6, 6.07) is 2.24. The number of nitrogen functional groups attached to an aromatic ring is 1. The number of rotatable bonds is 6. The molecule has 1 aromatic rings. The van der Waals surface area contributed by atoms with Gasteiger partial charge in [0.15, 0.2) is 0 Å². The van der Waals surface area contributed by atoms with Gasteiger partial charge in [-0.05, 0) is 27.9 Å². The van der Waals surface area contributed by atoms with E-state index in [1.54, 1.807) is 0 Å². The van der Waals surface area contributed by atoms with E-state index in [1.165, 1.54) is 6.33 Å². The molecule has 3 N–H and O–H groups in total. The molecule has 0 aromatic carbocycles. The number of nitrogens with two attached hydrogens (primary N) is 1. The number of nitrogens with zero attached hydrogens (tertiary/aromatic N) is 4. The molecule has 96 valence electrons. The maximum Gasteiger partial charge on any atom is 0.145 e. The second kappa shape index (κ2) is 6.36. The highest BCUT2D eigenvalue weighted by molar-refractivity contribution is 5.48. The van der Waals surface area contributed by atoms with Crippen molar-refractivity contribution in [1.29, 1.82) is 0 Å². The number of nitrogens with one attached hydrogen (secondary N) is 1. The molecule has 6 nitrogen and oxygen atoms in total. The summed E-state index contributed by atoms with van der Waals surface area (Å²) in [4.78, 5) is 12.7. The van der Waals surface area contributed by atoms with E-state index in [4.69, 9.17) is 5.84 Å². The van der Waals surface area contributed by atoms with E-state index >= 15 is 0 Å². The number of hydrogen-bond donors (Lipinski definition) is 2. The Hall–Kier alpha value is -1.40. The Morgan fingerprint density at radius 3 is 2.65 bits per heavy atom. The van der Waals surface area contributed by atoms with Gasteiger partial charge in [-0.2, -0.15) is 0 Å². The maximum atomic E-state index is 5.35. The van der Waals surface area contributed by atoms with Gasteiger partial charge in [0.2, 0.25) is 0 Å². The van der Waals surface area contributed by atoms with Crippen LogP contribution in [0.3, 0.4) is 0 Å². The zero-order valence-electron chi connectivity index (χ0n) is 11.0. The van der Waals surface area contributed by atoms with Crippen molar-refractivity contribution < 1.29 is 0 Å². The number of anilines is 2. The van der Waals surface area contributed by atoms with Crippen molar-refractivity contribution in [2.24, 2.45) is 5.84 Å². The van der Waals surface area contributed by atoms with E-state index in [1.807, 2.05) is 6.07 Å². The van der Waals surface area contributed by atoms with Gasteiger partial charge in [-0.3, -0.25) is 0 Å². The Morgan fingerprint density at radius 2 is 2.12 bits per heavy atom. The molecule has 0 aliphatic rings. The summed E-state index contributed by atoms with van der Waals surface area (Å²) in [5, 5.41) is 0. The molecule has 1 unspecified atom stereocenters. The van der Waals surface area contributed by atoms with Gasteiger partial charge in [0.05, 0.1) is 0 Å². The molecule has 1 aromatic heterocycles. The molecule has 0 aliphatic carbocycles. The van der Waals surface area contributed by atoms with Crippen LogP contribution in [0.5, 0.6) is 0 Å². The van der Waals surface area contributed by atoms with E-state index in [0.717, 1.165) is 18.9 Å². The first kappa shape index (κ1) is 13.7. The summed E-state index contributed by atoms with van der Waals surface area (Å²) in [6.45, 7) is 6.17.